The molecule has 38 heavy (non-hydrogen) atoms. The van der Waals surface area contributed by atoms with Crippen LogP contribution in [0, 0.1) is 12.8 Å². The molecule has 2 unspecified atom stereocenters. The van der Waals surface area contributed by atoms with E-state index in [9.17, 15) is 29.4 Å². The summed E-state index contributed by atoms with van der Waals surface area (Å²) in [5.41, 5.74) is 1.06. The van der Waals surface area contributed by atoms with Crippen LogP contribution in [0.15, 0.2) is 59.4 Å². The number of benzene rings is 3. The number of carbonyl (C=O) groups is 4. The number of hydrogen-bond acceptors (Lipinski definition) is 8. The van der Waals surface area contributed by atoms with Gasteiger partial charge in [0.15, 0.2) is 17.3 Å². The number of rotatable bonds is 4. The molecule has 3 aromatic rings. The highest BCUT2D eigenvalue weighted by Crippen LogP contribution is 2.57. The number of nitrogens with one attached hydrogen (secondary N) is 1. The minimum Gasteiger partial charge on any atom is -0.507 e. The average molecular weight is 513 g/mol. The van der Waals surface area contributed by atoms with Gasteiger partial charge in [-0.15, -0.1) is 0 Å². The fourth-order valence-corrected chi connectivity index (χ4v) is 5.19. The van der Waals surface area contributed by atoms with E-state index in [0.717, 1.165) is 16.8 Å². The molecule has 0 spiro atoms. The third-order valence-corrected chi connectivity index (χ3v) is 7.29. The van der Waals surface area contributed by atoms with Crippen molar-refractivity contribution >= 4 is 39.7 Å². The van der Waals surface area contributed by atoms with Crippen molar-refractivity contribution in [1.82, 2.24) is 5.43 Å². The van der Waals surface area contributed by atoms with Crippen molar-refractivity contribution in [2.75, 3.05) is 0 Å². The first-order valence-corrected chi connectivity index (χ1v) is 11.9. The Morgan fingerprint density at radius 3 is 2.42 bits per heavy atom. The van der Waals surface area contributed by atoms with Crippen LogP contribution in [-0.2, 0) is 15.0 Å². The van der Waals surface area contributed by atoms with Gasteiger partial charge >= 0.3 is 0 Å². The Balaban J connectivity index is 1.53. The monoisotopic (exact) mass is 512 g/mol. The number of nitrogens with zero attached hydrogens (tertiary/aromatic N) is 1. The Kier molecular flexibility index (Phi) is 5.67. The average Bonchev–Trinajstić information content (AvgIpc) is 3.18. The lowest BCUT2D eigenvalue weighted by molar-refractivity contribution is -0.131. The van der Waals surface area contributed by atoms with Crippen LogP contribution < -0.4 is 10.2 Å². The minimum atomic E-state index is -1.63. The fourth-order valence-electron chi connectivity index (χ4n) is 5.19. The highest BCUT2D eigenvalue weighted by Gasteiger charge is 2.57. The third-order valence-electron chi connectivity index (χ3n) is 7.29. The Morgan fingerprint density at radius 2 is 1.71 bits per heavy atom. The summed E-state index contributed by atoms with van der Waals surface area (Å²) in [5, 5.41) is 27.1. The number of Topliss-reactive ketones (excluding diaryl/α,β-unsaturated/α-hetero) is 2. The number of phenolic OH excluding ortho intramolecular Hbond substituents is 2. The van der Waals surface area contributed by atoms with Gasteiger partial charge in [0.2, 0.25) is 0 Å². The van der Waals surface area contributed by atoms with E-state index in [0.29, 0.717) is 5.56 Å². The zero-order valence-electron chi connectivity index (χ0n) is 21.1. The second kappa shape index (κ2) is 8.65. The number of ether oxygens (including phenoxy) is 1. The summed E-state index contributed by atoms with van der Waals surface area (Å²) in [6, 6.07) is 12.6. The Hall–Kier alpha value is -4.79. The molecule has 9 heteroatoms. The van der Waals surface area contributed by atoms with Gasteiger partial charge in [0, 0.05) is 17.2 Å². The molecular formula is C29H24N2O7. The molecule has 0 saturated carbocycles. The molecule has 0 aromatic heterocycles. The van der Waals surface area contributed by atoms with Crippen molar-refractivity contribution in [2.45, 2.75) is 33.1 Å². The van der Waals surface area contributed by atoms with E-state index in [1.807, 2.05) is 24.3 Å². The van der Waals surface area contributed by atoms with Crippen molar-refractivity contribution in [3.05, 3.63) is 76.6 Å². The van der Waals surface area contributed by atoms with E-state index >= 15 is 0 Å². The lowest BCUT2D eigenvalue weighted by Gasteiger charge is -2.31. The highest BCUT2D eigenvalue weighted by atomic mass is 16.5. The maximum Gasteiger partial charge on any atom is 0.271 e. The molecule has 2 atom stereocenters. The first kappa shape index (κ1) is 24.9. The summed E-state index contributed by atoms with van der Waals surface area (Å²) in [4.78, 5) is 52.2. The molecule has 0 fully saturated rings. The molecule has 1 aliphatic heterocycles. The van der Waals surface area contributed by atoms with Crippen molar-refractivity contribution in [3.8, 4) is 17.2 Å². The number of hydrogen-bond donors (Lipinski definition) is 3. The molecule has 192 valence electrons. The van der Waals surface area contributed by atoms with Gasteiger partial charge in [0.1, 0.15) is 39.9 Å². The highest BCUT2D eigenvalue weighted by molar-refractivity contribution is 6.29. The van der Waals surface area contributed by atoms with Crippen LogP contribution in [0.25, 0.3) is 10.8 Å². The minimum absolute atomic E-state index is 0.000610. The van der Waals surface area contributed by atoms with E-state index in [1.165, 1.54) is 27.7 Å². The fraction of sp³-hybridized carbons (Fsp3) is 0.207. The van der Waals surface area contributed by atoms with Crippen LogP contribution >= 0.6 is 0 Å². The van der Waals surface area contributed by atoms with E-state index < -0.39 is 46.1 Å². The van der Waals surface area contributed by atoms with Gasteiger partial charge in [-0.2, -0.15) is 5.10 Å². The molecule has 3 aromatic carbocycles. The summed E-state index contributed by atoms with van der Waals surface area (Å²) in [6.07, 6.45) is 1.13. The maximum atomic E-state index is 13.9. The summed E-state index contributed by atoms with van der Waals surface area (Å²) in [5.74, 6) is -4.77. The standard InChI is InChI=1S/C29H24N2O7/c1-13-24(34)22(15(3)32)26-23(25(13)35)29(4)20(38-26)12-19(33)21(27(29)36)14(2)30-31-28(37)18-11-7-9-16-8-5-6-10-17(16)18/h5-12,21,34-35H,1-4H3,(H,31,37)/b30-14+. The molecule has 2 aliphatic rings. The van der Waals surface area contributed by atoms with E-state index in [4.69, 9.17) is 4.74 Å². The van der Waals surface area contributed by atoms with Crippen LogP contribution in [0.2, 0.25) is 0 Å². The van der Waals surface area contributed by atoms with Gasteiger partial charge in [0.25, 0.3) is 5.91 Å². The number of fused-ring (bicyclic) bond motifs is 4. The molecule has 0 bridgehead atoms. The van der Waals surface area contributed by atoms with E-state index in [1.54, 1.807) is 18.2 Å². The van der Waals surface area contributed by atoms with Crippen LogP contribution in [0.1, 0.15) is 52.6 Å². The molecule has 1 heterocycles. The number of aromatic hydroxyl groups is 2. The number of amides is 1. The summed E-state index contributed by atoms with van der Waals surface area (Å²) < 4.78 is 5.76. The maximum absolute atomic E-state index is 13.9. The molecule has 5 rings (SSSR count). The molecule has 0 radical (unpaired) electrons. The van der Waals surface area contributed by atoms with Crippen molar-refractivity contribution in [3.63, 3.8) is 0 Å². The zero-order valence-corrected chi connectivity index (χ0v) is 21.1. The zero-order chi connectivity index (χ0) is 27.5. The first-order valence-electron chi connectivity index (χ1n) is 11.9. The van der Waals surface area contributed by atoms with Crippen LogP contribution in [-0.4, -0.2) is 39.2 Å². The molecule has 0 saturated heterocycles. The molecule has 3 N–H and O–H groups in total. The van der Waals surface area contributed by atoms with Crippen LogP contribution in [0.4, 0.5) is 0 Å². The smallest absolute Gasteiger partial charge is 0.271 e. The van der Waals surface area contributed by atoms with Crippen molar-refractivity contribution in [2.24, 2.45) is 11.0 Å². The van der Waals surface area contributed by atoms with Crippen LogP contribution in [0.3, 0.4) is 0 Å². The molecule has 1 aliphatic carbocycles. The number of ketones is 3. The van der Waals surface area contributed by atoms with Crippen molar-refractivity contribution in [1.29, 1.82) is 0 Å². The topological polar surface area (TPSA) is 142 Å². The third kappa shape index (κ3) is 3.42. The lowest BCUT2D eigenvalue weighted by Crippen LogP contribution is -2.47. The predicted molar refractivity (Wildman–Crippen MR) is 139 cm³/mol. The quantitative estimate of drug-likeness (QED) is 0.208. The summed E-state index contributed by atoms with van der Waals surface area (Å²) in [7, 11) is 0. The Bertz CT molecular complexity index is 1660. The van der Waals surface area contributed by atoms with Crippen molar-refractivity contribution < 1.29 is 34.1 Å². The van der Waals surface area contributed by atoms with E-state index in [-0.39, 0.29) is 33.9 Å². The van der Waals surface area contributed by atoms with Gasteiger partial charge in [-0.05, 0) is 44.5 Å². The normalized spacial score (nSPS) is 20.5. The molecule has 1 amide bonds. The number of carbonyl (C=O) groups excluding carboxylic acids is 4. The van der Waals surface area contributed by atoms with Gasteiger partial charge in [0.05, 0.1) is 11.3 Å². The number of allylic oxidation sites excluding steroid dienone is 2. The number of phenols is 2. The summed E-state index contributed by atoms with van der Waals surface area (Å²) in [6.45, 7) is 5.56. The van der Waals surface area contributed by atoms with Gasteiger partial charge in [-0.1, -0.05) is 36.4 Å². The Labute approximate surface area is 217 Å². The van der Waals surface area contributed by atoms with Gasteiger partial charge in [-0.3, -0.25) is 19.2 Å². The summed E-state index contributed by atoms with van der Waals surface area (Å²) >= 11 is 0. The van der Waals surface area contributed by atoms with E-state index in [2.05, 4.69) is 10.5 Å². The predicted octanol–water partition coefficient (Wildman–Crippen LogP) is 3.87. The Morgan fingerprint density at radius 1 is 1.03 bits per heavy atom. The second-order valence-electron chi connectivity index (χ2n) is 9.61. The second-order valence-corrected chi connectivity index (χ2v) is 9.61. The molecule has 9 nitrogen and oxygen atoms in total. The van der Waals surface area contributed by atoms with Gasteiger partial charge in [-0.25, -0.2) is 5.43 Å². The largest absolute Gasteiger partial charge is 0.507 e. The first-order chi connectivity index (χ1) is 18.0. The molecular weight excluding hydrogens is 488 g/mol. The SMILES string of the molecule is CC(=O)c1c(O)c(C)c(O)c2c1OC1=CC(=O)C(/C(C)=N/NC(=O)c3cccc4ccccc34)C(=O)C12C. The van der Waals surface area contributed by atoms with Gasteiger partial charge < -0.3 is 14.9 Å². The number of hydrazone groups is 1. The van der Waals surface area contributed by atoms with Crippen LogP contribution in [0.5, 0.6) is 17.2 Å². The lowest BCUT2D eigenvalue weighted by atomic mass is 9.67.